The second-order valence-corrected chi connectivity index (χ2v) is 4.47. The maximum absolute atomic E-state index is 10.3. The molecule has 0 aromatic carbocycles. The third-order valence-corrected chi connectivity index (χ3v) is 3.13. The standard InChI is InChI=1S/C9H14BrN3O/c1-2-13-7(11-8(10)12-13)9(14)5-3-4-6-9/h14H,2-6H2,1H3. The zero-order valence-corrected chi connectivity index (χ0v) is 9.79. The monoisotopic (exact) mass is 259 g/mol. The van der Waals surface area contributed by atoms with Crippen molar-refractivity contribution in [1.82, 2.24) is 14.8 Å². The summed E-state index contributed by atoms with van der Waals surface area (Å²) >= 11 is 3.24. The van der Waals surface area contributed by atoms with Gasteiger partial charge in [0.2, 0.25) is 4.73 Å². The van der Waals surface area contributed by atoms with Crippen LogP contribution in [0.3, 0.4) is 0 Å². The molecule has 0 aliphatic heterocycles. The minimum Gasteiger partial charge on any atom is -0.382 e. The predicted molar refractivity (Wildman–Crippen MR) is 55.8 cm³/mol. The minimum atomic E-state index is -0.741. The quantitative estimate of drug-likeness (QED) is 0.882. The lowest BCUT2D eigenvalue weighted by Crippen LogP contribution is -2.26. The highest BCUT2D eigenvalue weighted by Gasteiger charge is 2.37. The number of halogens is 1. The fourth-order valence-corrected chi connectivity index (χ4v) is 2.42. The van der Waals surface area contributed by atoms with E-state index in [0.29, 0.717) is 10.6 Å². The molecular formula is C9H14BrN3O. The van der Waals surface area contributed by atoms with Crippen molar-refractivity contribution >= 4 is 15.9 Å². The van der Waals surface area contributed by atoms with Gasteiger partial charge in [-0.25, -0.2) is 9.67 Å². The fraction of sp³-hybridized carbons (Fsp3) is 0.778. The molecule has 0 unspecified atom stereocenters. The summed E-state index contributed by atoms with van der Waals surface area (Å²) in [6.07, 6.45) is 3.76. The second kappa shape index (κ2) is 3.62. The van der Waals surface area contributed by atoms with E-state index in [-0.39, 0.29) is 0 Å². The van der Waals surface area contributed by atoms with Crippen LogP contribution in [-0.4, -0.2) is 19.9 Å². The van der Waals surface area contributed by atoms with Crippen LogP contribution in [0.25, 0.3) is 0 Å². The largest absolute Gasteiger partial charge is 0.382 e. The molecule has 2 rings (SSSR count). The van der Waals surface area contributed by atoms with Gasteiger partial charge in [0.05, 0.1) is 0 Å². The van der Waals surface area contributed by atoms with Gasteiger partial charge in [-0.1, -0.05) is 0 Å². The van der Waals surface area contributed by atoms with Gasteiger partial charge in [0, 0.05) is 6.54 Å². The molecule has 0 spiro atoms. The summed E-state index contributed by atoms with van der Waals surface area (Å²) in [6, 6.07) is 0. The van der Waals surface area contributed by atoms with Crippen molar-refractivity contribution in [3.63, 3.8) is 0 Å². The Bertz CT molecular complexity index is 331. The van der Waals surface area contributed by atoms with E-state index in [2.05, 4.69) is 26.0 Å². The Hall–Kier alpha value is -0.420. The third kappa shape index (κ3) is 1.59. The smallest absolute Gasteiger partial charge is 0.217 e. The van der Waals surface area contributed by atoms with E-state index in [1.165, 1.54) is 0 Å². The molecule has 1 aliphatic rings. The molecule has 4 nitrogen and oxygen atoms in total. The number of hydrogen-bond donors (Lipinski definition) is 1. The zero-order chi connectivity index (χ0) is 10.2. The van der Waals surface area contributed by atoms with Crippen LogP contribution in [-0.2, 0) is 12.1 Å². The first kappa shape index (κ1) is 10.1. The first-order valence-corrected chi connectivity index (χ1v) is 5.78. The minimum absolute atomic E-state index is 0.565. The third-order valence-electron chi connectivity index (χ3n) is 2.79. The van der Waals surface area contributed by atoms with Gasteiger partial charge in [-0.05, 0) is 48.5 Å². The number of hydrogen-bond acceptors (Lipinski definition) is 3. The Kier molecular flexibility index (Phi) is 2.62. The van der Waals surface area contributed by atoms with E-state index in [1.54, 1.807) is 4.68 Å². The molecule has 0 bridgehead atoms. The molecule has 14 heavy (non-hydrogen) atoms. The summed E-state index contributed by atoms with van der Waals surface area (Å²) in [6.45, 7) is 2.75. The van der Waals surface area contributed by atoms with Gasteiger partial charge in [0.25, 0.3) is 0 Å². The van der Waals surface area contributed by atoms with E-state index in [4.69, 9.17) is 0 Å². The Morgan fingerprint density at radius 3 is 2.71 bits per heavy atom. The first-order chi connectivity index (χ1) is 6.65. The Morgan fingerprint density at radius 2 is 2.14 bits per heavy atom. The van der Waals surface area contributed by atoms with Gasteiger partial charge < -0.3 is 5.11 Å². The van der Waals surface area contributed by atoms with Crippen LogP contribution in [0.5, 0.6) is 0 Å². The van der Waals surface area contributed by atoms with Crippen molar-refractivity contribution in [3.05, 3.63) is 10.6 Å². The predicted octanol–water partition coefficient (Wildman–Crippen LogP) is 1.82. The molecule has 0 radical (unpaired) electrons. The maximum Gasteiger partial charge on any atom is 0.217 e. The van der Waals surface area contributed by atoms with Crippen LogP contribution in [0.2, 0.25) is 0 Å². The van der Waals surface area contributed by atoms with Crippen LogP contribution in [0.4, 0.5) is 0 Å². The summed E-state index contributed by atoms with van der Waals surface area (Å²) in [5.74, 6) is 0.712. The van der Waals surface area contributed by atoms with Crippen LogP contribution >= 0.6 is 15.9 Å². The molecule has 0 atom stereocenters. The Labute approximate surface area is 91.5 Å². The molecule has 1 fully saturated rings. The first-order valence-electron chi connectivity index (χ1n) is 4.99. The molecule has 5 heteroatoms. The lowest BCUT2D eigenvalue weighted by Gasteiger charge is -2.20. The van der Waals surface area contributed by atoms with Crippen LogP contribution in [0.1, 0.15) is 38.4 Å². The molecule has 1 aromatic heterocycles. The summed E-state index contributed by atoms with van der Waals surface area (Å²) in [5, 5.41) is 14.5. The summed E-state index contributed by atoms with van der Waals surface area (Å²) < 4.78 is 2.34. The molecule has 78 valence electrons. The fourth-order valence-electron chi connectivity index (χ4n) is 2.06. The summed E-state index contributed by atoms with van der Waals surface area (Å²) in [4.78, 5) is 4.25. The number of nitrogens with zero attached hydrogens (tertiary/aromatic N) is 3. The molecule has 1 heterocycles. The molecule has 0 amide bonds. The van der Waals surface area contributed by atoms with Crippen LogP contribution in [0.15, 0.2) is 4.73 Å². The normalized spacial score (nSPS) is 20.2. The zero-order valence-electron chi connectivity index (χ0n) is 8.20. The lowest BCUT2D eigenvalue weighted by atomic mass is 10.0. The molecule has 1 N–H and O–H groups in total. The van der Waals surface area contributed by atoms with E-state index in [9.17, 15) is 5.11 Å². The average molecular weight is 260 g/mol. The summed E-state index contributed by atoms with van der Waals surface area (Å²) in [5.41, 5.74) is -0.741. The Balaban J connectivity index is 2.38. The second-order valence-electron chi connectivity index (χ2n) is 3.76. The SMILES string of the molecule is CCn1nc(Br)nc1C1(O)CCCC1. The van der Waals surface area contributed by atoms with Crippen LogP contribution in [0, 0.1) is 0 Å². The highest BCUT2D eigenvalue weighted by atomic mass is 79.9. The van der Waals surface area contributed by atoms with Crippen molar-refractivity contribution in [3.8, 4) is 0 Å². The van der Waals surface area contributed by atoms with Gasteiger partial charge in [0.1, 0.15) is 5.60 Å². The van der Waals surface area contributed by atoms with Crippen molar-refractivity contribution in [2.75, 3.05) is 0 Å². The van der Waals surface area contributed by atoms with Gasteiger partial charge in [-0.3, -0.25) is 0 Å². The van der Waals surface area contributed by atoms with Gasteiger partial charge in [0.15, 0.2) is 5.82 Å². The van der Waals surface area contributed by atoms with Gasteiger partial charge >= 0.3 is 0 Å². The highest BCUT2D eigenvalue weighted by Crippen LogP contribution is 2.37. The number of aromatic nitrogens is 3. The highest BCUT2D eigenvalue weighted by molar-refractivity contribution is 9.10. The average Bonchev–Trinajstić information content (AvgIpc) is 2.72. The molecular weight excluding hydrogens is 246 g/mol. The van der Waals surface area contributed by atoms with Crippen molar-refractivity contribution < 1.29 is 5.11 Å². The Morgan fingerprint density at radius 1 is 1.50 bits per heavy atom. The van der Waals surface area contributed by atoms with E-state index >= 15 is 0 Å². The molecule has 1 aliphatic carbocycles. The van der Waals surface area contributed by atoms with E-state index in [1.807, 2.05) is 6.92 Å². The van der Waals surface area contributed by atoms with Crippen molar-refractivity contribution in [2.24, 2.45) is 0 Å². The molecule has 1 saturated carbocycles. The molecule has 1 aromatic rings. The number of rotatable bonds is 2. The van der Waals surface area contributed by atoms with Crippen molar-refractivity contribution in [2.45, 2.75) is 44.8 Å². The summed E-state index contributed by atoms with van der Waals surface area (Å²) in [7, 11) is 0. The number of aliphatic hydroxyl groups is 1. The number of aryl methyl sites for hydroxylation is 1. The lowest BCUT2D eigenvalue weighted by molar-refractivity contribution is 0.0305. The maximum atomic E-state index is 10.3. The molecule has 0 saturated heterocycles. The van der Waals surface area contributed by atoms with E-state index in [0.717, 1.165) is 32.2 Å². The van der Waals surface area contributed by atoms with Gasteiger partial charge in [-0.2, -0.15) is 0 Å². The van der Waals surface area contributed by atoms with Gasteiger partial charge in [-0.15, -0.1) is 5.10 Å². The van der Waals surface area contributed by atoms with E-state index < -0.39 is 5.60 Å². The van der Waals surface area contributed by atoms with Crippen LogP contribution < -0.4 is 0 Å². The van der Waals surface area contributed by atoms with Crippen molar-refractivity contribution in [1.29, 1.82) is 0 Å². The topological polar surface area (TPSA) is 50.9 Å².